The standard InChI is InChI=1S/C14H13BrN2O3/c1-20-10-4-2-9(3-5-10)6-17-12-8-16-7-11(15)13(12)14(18)19/h2-5,7-8,17H,6H2,1H3,(H,18,19). The summed E-state index contributed by atoms with van der Waals surface area (Å²) in [6, 6.07) is 7.54. The number of carboxylic acid groups (broad SMARTS) is 1. The van der Waals surface area contributed by atoms with Crippen LogP contribution in [0.15, 0.2) is 41.1 Å². The van der Waals surface area contributed by atoms with Gasteiger partial charge in [-0.25, -0.2) is 4.79 Å². The fourth-order valence-corrected chi connectivity index (χ4v) is 2.23. The van der Waals surface area contributed by atoms with Crippen molar-refractivity contribution in [2.24, 2.45) is 0 Å². The van der Waals surface area contributed by atoms with Crippen LogP contribution in [0.25, 0.3) is 0 Å². The van der Waals surface area contributed by atoms with E-state index in [1.165, 1.54) is 12.4 Å². The molecular weight excluding hydrogens is 324 g/mol. The van der Waals surface area contributed by atoms with Gasteiger partial charge in [0.1, 0.15) is 5.75 Å². The number of hydrogen-bond acceptors (Lipinski definition) is 4. The molecule has 1 aromatic carbocycles. The number of pyridine rings is 1. The van der Waals surface area contributed by atoms with Gasteiger partial charge in [0.2, 0.25) is 0 Å². The molecule has 0 saturated carbocycles. The topological polar surface area (TPSA) is 71.5 Å². The monoisotopic (exact) mass is 336 g/mol. The predicted molar refractivity (Wildman–Crippen MR) is 79.2 cm³/mol. The number of halogens is 1. The SMILES string of the molecule is COc1ccc(CNc2cncc(Br)c2C(=O)O)cc1. The second-order valence-corrected chi connectivity index (χ2v) is 4.91. The molecule has 0 aliphatic heterocycles. The van der Waals surface area contributed by atoms with E-state index >= 15 is 0 Å². The fraction of sp³-hybridized carbons (Fsp3) is 0.143. The summed E-state index contributed by atoms with van der Waals surface area (Å²) in [5.41, 5.74) is 1.67. The van der Waals surface area contributed by atoms with Gasteiger partial charge >= 0.3 is 5.97 Å². The van der Waals surface area contributed by atoms with Gasteiger partial charge in [-0.15, -0.1) is 0 Å². The van der Waals surface area contributed by atoms with Crippen LogP contribution in [0, 0.1) is 0 Å². The largest absolute Gasteiger partial charge is 0.497 e. The van der Waals surface area contributed by atoms with Crippen LogP contribution < -0.4 is 10.1 Å². The van der Waals surface area contributed by atoms with Crippen molar-refractivity contribution < 1.29 is 14.6 Å². The minimum absolute atomic E-state index is 0.175. The van der Waals surface area contributed by atoms with Gasteiger partial charge in [0.05, 0.1) is 29.0 Å². The van der Waals surface area contributed by atoms with Crippen LogP contribution in [0.5, 0.6) is 5.75 Å². The molecule has 5 nitrogen and oxygen atoms in total. The van der Waals surface area contributed by atoms with Gasteiger partial charge in [0, 0.05) is 12.7 Å². The summed E-state index contributed by atoms with van der Waals surface area (Å²) >= 11 is 3.19. The number of nitrogens with zero attached hydrogens (tertiary/aromatic N) is 1. The molecule has 0 radical (unpaired) electrons. The van der Waals surface area contributed by atoms with Crippen LogP contribution in [0.3, 0.4) is 0 Å². The number of hydrogen-bond donors (Lipinski definition) is 2. The first-order chi connectivity index (χ1) is 9.61. The minimum Gasteiger partial charge on any atom is -0.497 e. The van der Waals surface area contributed by atoms with Crippen molar-refractivity contribution in [2.75, 3.05) is 12.4 Å². The van der Waals surface area contributed by atoms with E-state index in [9.17, 15) is 9.90 Å². The summed E-state index contributed by atoms with van der Waals surface area (Å²) in [7, 11) is 1.61. The molecule has 20 heavy (non-hydrogen) atoms. The Hall–Kier alpha value is -2.08. The van der Waals surface area contributed by atoms with E-state index in [0.717, 1.165) is 11.3 Å². The number of aromatic nitrogens is 1. The second kappa shape index (κ2) is 6.38. The first kappa shape index (κ1) is 14.3. The number of ether oxygens (including phenoxy) is 1. The number of rotatable bonds is 5. The number of nitrogens with one attached hydrogen (secondary N) is 1. The minimum atomic E-state index is -1.00. The van der Waals surface area contributed by atoms with Crippen molar-refractivity contribution in [2.45, 2.75) is 6.54 Å². The maximum atomic E-state index is 11.2. The molecule has 104 valence electrons. The van der Waals surface area contributed by atoms with Gasteiger partial charge in [0.25, 0.3) is 0 Å². The van der Waals surface area contributed by atoms with E-state index in [-0.39, 0.29) is 5.56 Å². The lowest BCUT2D eigenvalue weighted by Crippen LogP contribution is -2.07. The molecule has 0 atom stereocenters. The molecular formula is C14H13BrN2O3. The Morgan fingerprint density at radius 3 is 2.65 bits per heavy atom. The van der Waals surface area contributed by atoms with Gasteiger partial charge in [-0.05, 0) is 33.6 Å². The van der Waals surface area contributed by atoms with Crippen LogP contribution >= 0.6 is 15.9 Å². The average Bonchev–Trinajstić information content (AvgIpc) is 2.45. The van der Waals surface area contributed by atoms with Crippen LogP contribution in [-0.4, -0.2) is 23.2 Å². The van der Waals surface area contributed by atoms with E-state index < -0.39 is 5.97 Å². The highest BCUT2D eigenvalue weighted by Crippen LogP contribution is 2.24. The number of anilines is 1. The lowest BCUT2D eigenvalue weighted by atomic mass is 10.2. The third-order valence-electron chi connectivity index (χ3n) is 2.76. The molecule has 0 unspecified atom stereocenters. The van der Waals surface area contributed by atoms with Crippen molar-refractivity contribution >= 4 is 27.6 Å². The van der Waals surface area contributed by atoms with Crippen molar-refractivity contribution in [3.63, 3.8) is 0 Å². The van der Waals surface area contributed by atoms with Crippen LogP contribution in [0.4, 0.5) is 5.69 Å². The predicted octanol–water partition coefficient (Wildman–Crippen LogP) is 3.16. The van der Waals surface area contributed by atoms with E-state index in [4.69, 9.17) is 4.74 Å². The zero-order chi connectivity index (χ0) is 14.5. The zero-order valence-corrected chi connectivity index (χ0v) is 12.3. The lowest BCUT2D eigenvalue weighted by molar-refractivity contribution is 0.0697. The molecule has 2 aromatic rings. The van der Waals surface area contributed by atoms with E-state index in [2.05, 4.69) is 26.2 Å². The van der Waals surface area contributed by atoms with E-state index in [0.29, 0.717) is 16.7 Å². The molecule has 0 bridgehead atoms. The molecule has 0 fully saturated rings. The highest BCUT2D eigenvalue weighted by Gasteiger charge is 2.14. The van der Waals surface area contributed by atoms with Crippen molar-refractivity contribution in [3.05, 3.63) is 52.3 Å². The van der Waals surface area contributed by atoms with E-state index in [1.807, 2.05) is 24.3 Å². The lowest BCUT2D eigenvalue weighted by Gasteiger charge is -2.10. The Morgan fingerprint density at radius 1 is 1.35 bits per heavy atom. The van der Waals surface area contributed by atoms with Gasteiger partial charge in [0.15, 0.2) is 0 Å². The number of carboxylic acids is 1. The Kier molecular flexibility index (Phi) is 4.57. The summed E-state index contributed by atoms with van der Waals surface area (Å²) in [5, 5.41) is 12.3. The van der Waals surface area contributed by atoms with Crippen molar-refractivity contribution in [1.29, 1.82) is 0 Å². The Labute approximate surface area is 124 Å². The van der Waals surface area contributed by atoms with Gasteiger partial charge in [-0.1, -0.05) is 12.1 Å². The zero-order valence-electron chi connectivity index (χ0n) is 10.8. The molecule has 2 rings (SSSR count). The van der Waals surface area contributed by atoms with Crippen molar-refractivity contribution in [3.8, 4) is 5.75 Å². The first-order valence-corrected chi connectivity index (χ1v) is 6.64. The second-order valence-electron chi connectivity index (χ2n) is 4.05. The van der Waals surface area contributed by atoms with E-state index in [1.54, 1.807) is 7.11 Å². The summed E-state index contributed by atoms with van der Waals surface area (Å²) in [4.78, 5) is 15.2. The highest BCUT2D eigenvalue weighted by atomic mass is 79.9. The van der Waals surface area contributed by atoms with Crippen LogP contribution in [0.2, 0.25) is 0 Å². The Bertz CT molecular complexity index is 614. The molecule has 0 aliphatic rings. The Morgan fingerprint density at radius 2 is 2.05 bits per heavy atom. The van der Waals surface area contributed by atoms with Gasteiger partial charge in [-0.3, -0.25) is 4.98 Å². The molecule has 6 heteroatoms. The van der Waals surface area contributed by atoms with Crippen LogP contribution in [0.1, 0.15) is 15.9 Å². The maximum Gasteiger partial charge on any atom is 0.339 e. The normalized spacial score (nSPS) is 10.1. The first-order valence-electron chi connectivity index (χ1n) is 5.85. The molecule has 0 spiro atoms. The smallest absolute Gasteiger partial charge is 0.339 e. The Balaban J connectivity index is 2.14. The van der Waals surface area contributed by atoms with Gasteiger partial charge in [-0.2, -0.15) is 0 Å². The average molecular weight is 337 g/mol. The summed E-state index contributed by atoms with van der Waals surface area (Å²) in [5.74, 6) is -0.222. The summed E-state index contributed by atoms with van der Waals surface area (Å²) in [6.45, 7) is 0.502. The number of aromatic carboxylic acids is 1. The number of methoxy groups -OCH3 is 1. The third kappa shape index (κ3) is 3.27. The third-order valence-corrected chi connectivity index (χ3v) is 3.36. The quantitative estimate of drug-likeness (QED) is 0.877. The molecule has 2 N–H and O–H groups in total. The molecule has 1 aromatic heterocycles. The fourth-order valence-electron chi connectivity index (χ4n) is 1.73. The summed E-state index contributed by atoms with van der Waals surface area (Å²) < 4.78 is 5.53. The molecule has 1 heterocycles. The van der Waals surface area contributed by atoms with Gasteiger partial charge < -0.3 is 15.2 Å². The highest BCUT2D eigenvalue weighted by molar-refractivity contribution is 9.10. The van der Waals surface area contributed by atoms with Crippen LogP contribution in [-0.2, 0) is 6.54 Å². The summed E-state index contributed by atoms with van der Waals surface area (Å²) in [6.07, 6.45) is 2.96. The molecule has 0 saturated heterocycles. The number of benzene rings is 1. The molecule has 0 amide bonds. The number of carbonyl (C=O) groups is 1. The molecule has 0 aliphatic carbocycles. The van der Waals surface area contributed by atoms with Crippen molar-refractivity contribution in [1.82, 2.24) is 4.98 Å². The maximum absolute atomic E-state index is 11.2.